The van der Waals surface area contributed by atoms with E-state index in [4.69, 9.17) is 15.2 Å². The van der Waals surface area contributed by atoms with Gasteiger partial charge in [0.2, 0.25) is 5.91 Å². The van der Waals surface area contributed by atoms with Gasteiger partial charge in [0, 0.05) is 17.2 Å². The highest BCUT2D eigenvalue weighted by atomic mass is 16.5. The lowest BCUT2D eigenvalue weighted by Gasteiger charge is -2.18. The van der Waals surface area contributed by atoms with Gasteiger partial charge in [-0.1, -0.05) is 92.2 Å². The molecule has 1 amide bonds. The van der Waals surface area contributed by atoms with Crippen molar-refractivity contribution < 1.29 is 14.3 Å². The van der Waals surface area contributed by atoms with Crippen LogP contribution in [0.15, 0.2) is 85.1 Å². The van der Waals surface area contributed by atoms with Gasteiger partial charge in [0.1, 0.15) is 23.8 Å². The number of nitrogens with one attached hydrogen (secondary N) is 1. The van der Waals surface area contributed by atoms with Crippen LogP contribution in [0.3, 0.4) is 0 Å². The van der Waals surface area contributed by atoms with Crippen LogP contribution in [0.1, 0.15) is 50.8 Å². The largest absolute Gasteiger partial charge is 0.493 e. The number of hydrogen-bond acceptors (Lipinski definition) is 6. The monoisotopic (exact) mass is 569 g/mol. The summed E-state index contributed by atoms with van der Waals surface area (Å²) in [6, 6.07) is 25.7. The van der Waals surface area contributed by atoms with Crippen LogP contribution in [0, 0.1) is 5.92 Å². The minimum absolute atomic E-state index is 0.00676. The maximum atomic E-state index is 12.8. The topological polar surface area (TPSA) is 104 Å². The highest BCUT2D eigenvalue weighted by molar-refractivity contribution is 5.78. The summed E-state index contributed by atoms with van der Waals surface area (Å²) in [5.41, 5.74) is 9.36. The fourth-order valence-corrected chi connectivity index (χ4v) is 4.71. The summed E-state index contributed by atoms with van der Waals surface area (Å²) >= 11 is 0. The van der Waals surface area contributed by atoms with E-state index in [2.05, 4.69) is 35.5 Å². The number of nitrogens with two attached hydrogens (primary N) is 1. The van der Waals surface area contributed by atoms with Crippen molar-refractivity contribution in [1.82, 2.24) is 20.3 Å². The predicted octanol–water partition coefficient (Wildman–Crippen LogP) is 5.81. The molecular weight excluding hydrogens is 526 g/mol. The number of unbranched alkanes of at least 4 members (excludes halogenated alkanes) is 1. The molecule has 0 radical (unpaired) electrons. The lowest BCUT2D eigenvalue weighted by molar-refractivity contribution is -0.121. The molecule has 0 fully saturated rings. The van der Waals surface area contributed by atoms with Crippen molar-refractivity contribution in [3.05, 3.63) is 96.3 Å². The van der Waals surface area contributed by atoms with Crippen molar-refractivity contribution in [2.75, 3.05) is 13.2 Å². The first-order valence-corrected chi connectivity index (χ1v) is 14.9. The van der Waals surface area contributed by atoms with Gasteiger partial charge >= 0.3 is 0 Å². The molecule has 1 heterocycles. The Balaban J connectivity index is 1.39. The highest BCUT2D eigenvalue weighted by Crippen LogP contribution is 2.36. The summed E-state index contributed by atoms with van der Waals surface area (Å²) in [6.45, 7) is 6.48. The number of rotatable bonds is 17. The summed E-state index contributed by atoms with van der Waals surface area (Å²) in [4.78, 5) is 12.8. The van der Waals surface area contributed by atoms with E-state index in [1.807, 2.05) is 79.0 Å². The maximum Gasteiger partial charge on any atom is 0.224 e. The van der Waals surface area contributed by atoms with Gasteiger partial charge in [0.15, 0.2) is 0 Å². The molecular formula is C34H43N5O3. The van der Waals surface area contributed by atoms with Crippen LogP contribution in [0.2, 0.25) is 0 Å². The zero-order valence-corrected chi connectivity index (χ0v) is 24.7. The molecule has 3 N–H and O–H groups in total. The molecule has 8 heteroatoms. The number of nitrogens with zero attached hydrogens (tertiary/aromatic N) is 3. The van der Waals surface area contributed by atoms with Gasteiger partial charge in [0.05, 0.1) is 25.8 Å². The van der Waals surface area contributed by atoms with E-state index >= 15 is 0 Å². The average Bonchev–Trinajstić information content (AvgIpc) is 3.44. The molecule has 0 saturated carbocycles. The molecule has 4 aromatic rings. The summed E-state index contributed by atoms with van der Waals surface area (Å²) < 4.78 is 14.2. The van der Waals surface area contributed by atoms with E-state index in [0.29, 0.717) is 37.7 Å². The van der Waals surface area contributed by atoms with Crippen LogP contribution < -0.4 is 20.5 Å². The number of benzene rings is 3. The van der Waals surface area contributed by atoms with E-state index in [1.165, 1.54) is 0 Å². The third kappa shape index (κ3) is 9.73. The van der Waals surface area contributed by atoms with Gasteiger partial charge < -0.3 is 20.5 Å². The first-order valence-electron chi connectivity index (χ1n) is 14.9. The van der Waals surface area contributed by atoms with Crippen molar-refractivity contribution in [3.63, 3.8) is 0 Å². The minimum atomic E-state index is -0.0730. The standard InChI is InChI=1S/C34H43N5O3/c1-26(2)19-21-41-32-17-8-6-15-30(32)31-16-7-9-18-33(31)42-25-29-24-39(38-37-29)23-28(14-10-11-20-35)36-34(40)22-27-12-4-3-5-13-27/h3-9,12-13,15-18,24,26,28H,10-11,14,19-23,25,35H2,1-2H3,(H,36,40)/t28-/m1/s1. The Hall–Kier alpha value is -4.17. The third-order valence-electron chi connectivity index (χ3n) is 6.97. The Labute approximate surface area is 249 Å². The molecule has 8 nitrogen and oxygen atoms in total. The number of carbonyl (C=O) groups is 1. The van der Waals surface area contributed by atoms with Crippen molar-refractivity contribution >= 4 is 5.91 Å². The Morgan fingerprint density at radius 3 is 2.24 bits per heavy atom. The Morgan fingerprint density at radius 1 is 0.881 bits per heavy atom. The van der Waals surface area contributed by atoms with Crippen LogP contribution in [-0.4, -0.2) is 40.1 Å². The van der Waals surface area contributed by atoms with E-state index in [9.17, 15) is 4.79 Å². The summed E-state index contributed by atoms with van der Waals surface area (Å²) in [6.07, 6.45) is 5.87. The van der Waals surface area contributed by atoms with Crippen molar-refractivity contribution in [2.45, 2.75) is 65.1 Å². The van der Waals surface area contributed by atoms with Crippen LogP contribution in [0.5, 0.6) is 11.5 Å². The normalized spacial score (nSPS) is 11.8. The zero-order valence-electron chi connectivity index (χ0n) is 24.7. The van der Waals surface area contributed by atoms with Crippen molar-refractivity contribution in [1.29, 1.82) is 0 Å². The molecule has 222 valence electrons. The molecule has 0 saturated heterocycles. The Kier molecular flexibility index (Phi) is 12.0. The first-order chi connectivity index (χ1) is 20.5. The van der Waals surface area contributed by atoms with Crippen LogP contribution in [-0.2, 0) is 24.4 Å². The SMILES string of the molecule is CC(C)CCOc1ccccc1-c1ccccc1OCc1cn(C[C@@H](CCCCN)NC(=O)Cc2ccccc2)nn1. The Bertz CT molecular complexity index is 1370. The van der Waals surface area contributed by atoms with Crippen LogP contribution in [0.4, 0.5) is 0 Å². The van der Waals surface area contributed by atoms with Gasteiger partial charge in [0.25, 0.3) is 0 Å². The summed E-state index contributed by atoms with van der Waals surface area (Å²) in [7, 11) is 0. The van der Waals surface area contributed by atoms with E-state index in [0.717, 1.165) is 53.9 Å². The predicted molar refractivity (Wildman–Crippen MR) is 166 cm³/mol. The molecule has 1 atom stereocenters. The second kappa shape index (κ2) is 16.3. The molecule has 1 aromatic heterocycles. The molecule has 3 aromatic carbocycles. The molecule has 0 unspecified atom stereocenters. The minimum Gasteiger partial charge on any atom is -0.493 e. The fraction of sp³-hybridized carbons (Fsp3) is 0.382. The molecule has 0 aliphatic rings. The molecule has 4 rings (SSSR count). The number of amides is 1. The summed E-state index contributed by atoms with van der Waals surface area (Å²) in [5, 5.41) is 11.8. The highest BCUT2D eigenvalue weighted by Gasteiger charge is 2.16. The van der Waals surface area contributed by atoms with Crippen molar-refractivity contribution in [3.8, 4) is 22.6 Å². The summed E-state index contributed by atoms with van der Waals surface area (Å²) in [5.74, 6) is 2.16. The molecule has 0 bridgehead atoms. The van der Waals surface area contributed by atoms with Crippen LogP contribution in [0.25, 0.3) is 11.1 Å². The lowest BCUT2D eigenvalue weighted by Crippen LogP contribution is -2.39. The molecule has 42 heavy (non-hydrogen) atoms. The molecule has 0 aliphatic carbocycles. The van der Waals surface area contributed by atoms with E-state index in [1.54, 1.807) is 4.68 Å². The number of para-hydroxylation sites is 2. The van der Waals surface area contributed by atoms with Crippen molar-refractivity contribution in [2.24, 2.45) is 11.7 Å². The number of aromatic nitrogens is 3. The fourth-order valence-electron chi connectivity index (χ4n) is 4.71. The van der Waals surface area contributed by atoms with Gasteiger partial charge in [-0.15, -0.1) is 5.10 Å². The quantitative estimate of drug-likeness (QED) is 0.156. The van der Waals surface area contributed by atoms with Gasteiger partial charge in [-0.3, -0.25) is 9.48 Å². The number of carbonyl (C=O) groups excluding carboxylic acids is 1. The van der Waals surface area contributed by atoms with Gasteiger partial charge in [-0.2, -0.15) is 0 Å². The van der Waals surface area contributed by atoms with E-state index in [-0.39, 0.29) is 18.6 Å². The maximum absolute atomic E-state index is 12.8. The average molecular weight is 570 g/mol. The zero-order chi connectivity index (χ0) is 29.6. The number of ether oxygens (including phenoxy) is 2. The molecule has 0 spiro atoms. The van der Waals surface area contributed by atoms with Gasteiger partial charge in [-0.25, -0.2) is 0 Å². The van der Waals surface area contributed by atoms with Crippen LogP contribution >= 0.6 is 0 Å². The first kappa shape index (κ1) is 30.8. The third-order valence-corrected chi connectivity index (χ3v) is 6.97. The second-order valence-electron chi connectivity index (χ2n) is 11.0. The number of hydrogen-bond donors (Lipinski definition) is 2. The molecule has 0 aliphatic heterocycles. The second-order valence-corrected chi connectivity index (χ2v) is 11.0. The smallest absolute Gasteiger partial charge is 0.224 e. The Morgan fingerprint density at radius 2 is 1.55 bits per heavy atom. The van der Waals surface area contributed by atoms with E-state index < -0.39 is 0 Å². The lowest BCUT2D eigenvalue weighted by atomic mass is 10.0. The van der Waals surface area contributed by atoms with Gasteiger partial charge in [-0.05, 0) is 49.4 Å².